The van der Waals surface area contributed by atoms with Crippen molar-refractivity contribution in [2.75, 3.05) is 7.05 Å². The Hall–Kier alpha value is -0.460. The summed E-state index contributed by atoms with van der Waals surface area (Å²) in [6, 6.07) is 0.816. The summed E-state index contributed by atoms with van der Waals surface area (Å²) < 4.78 is 0. The molecule has 0 saturated heterocycles. The average molecular weight is 181 g/mol. The molecule has 76 valence electrons. The topological polar surface area (TPSA) is 3.24 Å². The molecule has 0 aliphatic heterocycles. The average Bonchev–Trinajstić information content (AvgIpc) is 2.94. The predicted molar refractivity (Wildman–Crippen MR) is 58.6 cm³/mol. The van der Waals surface area contributed by atoms with Crippen LogP contribution in [0.2, 0.25) is 0 Å². The van der Waals surface area contributed by atoms with Crippen molar-refractivity contribution in [2.45, 2.75) is 52.0 Å². The quantitative estimate of drug-likeness (QED) is 0.607. The second-order valence-corrected chi connectivity index (χ2v) is 4.38. The highest BCUT2D eigenvalue weighted by Gasteiger charge is 2.28. The summed E-state index contributed by atoms with van der Waals surface area (Å²) >= 11 is 0. The van der Waals surface area contributed by atoms with E-state index in [0.29, 0.717) is 5.92 Å². The number of unbranched alkanes of at least 4 members (excludes halogenated alkanes) is 1. The summed E-state index contributed by atoms with van der Waals surface area (Å²) in [5, 5.41) is 0. The Morgan fingerprint density at radius 2 is 2.15 bits per heavy atom. The molecular formula is C12H23N. The van der Waals surface area contributed by atoms with E-state index in [-0.39, 0.29) is 0 Å². The molecule has 1 rings (SSSR count). The normalized spacial score (nSPS) is 18.4. The molecule has 0 amide bonds. The molecule has 1 nitrogen and oxygen atoms in total. The summed E-state index contributed by atoms with van der Waals surface area (Å²) in [5.41, 5.74) is 1.34. The first-order valence-corrected chi connectivity index (χ1v) is 5.58. The van der Waals surface area contributed by atoms with Gasteiger partial charge in [0.2, 0.25) is 0 Å². The van der Waals surface area contributed by atoms with E-state index in [2.05, 4.69) is 32.4 Å². The van der Waals surface area contributed by atoms with E-state index in [1.54, 1.807) is 0 Å². The molecule has 1 atom stereocenters. The molecule has 1 fully saturated rings. The molecule has 0 spiro atoms. The highest BCUT2D eigenvalue weighted by Crippen LogP contribution is 2.31. The number of rotatable bonds is 6. The second kappa shape index (κ2) is 4.69. The Bertz CT molecular complexity index is 170. The Labute approximate surface area is 82.8 Å². The van der Waals surface area contributed by atoms with Crippen molar-refractivity contribution < 1.29 is 0 Å². The van der Waals surface area contributed by atoms with E-state index in [9.17, 15) is 0 Å². The largest absolute Gasteiger partial charge is 0.375 e. The van der Waals surface area contributed by atoms with Gasteiger partial charge in [-0.25, -0.2) is 0 Å². The van der Waals surface area contributed by atoms with Crippen molar-refractivity contribution in [1.29, 1.82) is 0 Å². The molecule has 0 radical (unpaired) electrons. The third kappa shape index (κ3) is 3.06. The molecule has 0 heterocycles. The molecule has 1 aliphatic carbocycles. The summed E-state index contributed by atoms with van der Waals surface area (Å²) in [7, 11) is 2.20. The van der Waals surface area contributed by atoms with Crippen molar-refractivity contribution in [3.8, 4) is 0 Å². The maximum Gasteiger partial charge on any atom is 0.0285 e. The Morgan fingerprint density at radius 1 is 1.54 bits per heavy atom. The molecular weight excluding hydrogens is 158 g/mol. The van der Waals surface area contributed by atoms with Crippen LogP contribution in [0.4, 0.5) is 0 Å². The Morgan fingerprint density at radius 3 is 2.62 bits per heavy atom. The zero-order chi connectivity index (χ0) is 9.84. The van der Waals surface area contributed by atoms with Crippen molar-refractivity contribution in [1.82, 2.24) is 4.90 Å². The molecule has 1 unspecified atom stereocenters. The zero-order valence-corrected chi connectivity index (χ0v) is 9.34. The van der Waals surface area contributed by atoms with Gasteiger partial charge >= 0.3 is 0 Å². The number of nitrogens with zero attached hydrogens (tertiary/aromatic N) is 1. The van der Waals surface area contributed by atoms with Gasteiger partial charge < -0.3 is 4.90 Å². The fourth-order valence-electron chi connectivity index (χ4n) is 1.72. The SMILES string of the molecule is C=C(C(C)CCCC)N(C)C1CC1. The zero-order valence-electron chi connectivity index (χ0n) is 9.34. The van der Waals surface area contributed by atoms with Gasteiger partial charge in [-0.2, -0.15) is 0 Å². The lowest BCUT2D eigenvalue weighted by molar-refractivity contribution is 0.347. The van der Waals surface area contributed by atoms with E-state index in [0.717, 1.165) is 6.04 Å². The smallest absolute Gasteiger partial charge is 0.0285 e. The lowest BCUT2D eigenvalue weighted by atomic mass is 10.0. The van der Waals surface area contributed by atoms with Crippen LogP contribution < -0.4 is 0 Å². The van der Waals surface area contributed by atoms with Gasteiger partial charge in [0.1, 0.15) is 0 Å². The molecule has 0 aromatic heterocycles. The first-order chi connectivity index (χ1) is 6.16. The molecule has 0 aromatic rings. The van der Waals surface area contributed by atoms with Gasteiger partial charge in [0.15, 0.2) is 0 Å². The fraction of sp³-hybridized carbons (Fsp3) is 0.833. The second-order valence-electron chi connectivity index (χ2n) is 4.38. The van der Waals surface area contributed by atoms with Crippen LogP contribution in [0, 0.1) is 5.92 Å². The maximum atomic E-state index is 4.19. The van der Waals surface area contributed by atoms with Crippen LogP contribution in [0.15, 0.2) is 12.3 Å². The monoisotopic (exact) mass is 181 g/mol. The van der Waals surface area contributed by atoms with Crippen molar-refractivity contribution in [3.05, 3.63) is 12.3 Å². The van der Waals surface area contributed by atoms with E-state index in [4.69, 9.17) is 0 Å². The van der Waals surface area contributed by atoms with Gasteiger partial charge in [0, 0.05) is 18.8 Å². The number of hydrogen-bond acceptors (Lipinski definition) is 1. The molecule has 0 N–H and O–H groups in total. The van der Waals surface area contributed by atoms with E-state index in [1.165, 1.54) is 37.8 Å². The molecule has 1 heteroatoms. The minimum Gasteiger partial charge on any atom is -0.375 e. The standard InChI is InChI=1S/C12H23N/c1-5-6-7-10(2)11(3)13(4)12-8-9-12/h10,12H,3,5-9H2,1-2,4H3. The Balaban J connectivity index is 2.27. The van der Waals surface area contributed by atoms with Crippen LogP contribution >= 0.6 is 0 Å². The van der Waals surface area contributed by atoms with Gasteiger partial charge in [-0.3, -0.25) is 0 Å². The minimum absolute atomic E-state index is 0.672. The van der Waals surface area contributed by atoms with E-state index >= 15 is 0 Å². The van der Waals surface area contributed by atoms with Gasteiger partial charge in [0.25, 0.3) is 0 Å². The van der Waals surface area contributed by atoms with Crippen LogP contribution in [0.1, 0.15) is 46.0 Å². The third-order valence-corrected chi connectivity index (χ3v) is 3.11. The van der Waals surface area contributed by atoms with Gasteiger partial charge in [-0.05, 0) is 25.2 Å². The Kier molecular flexibility index (Phi) is 3.83. The van der Waals surface area contributed by atoms with Crippen molar-refractivity contribution in [2.24, 2.45) is 5.92 Å². The van der Waals surface area contributed by atoms with E-state index in [1.807, 2.05) is 0 Å². The number of hydrogen-bond donors (Lipinski definition) is 0. The molecule has 0 aromatic carbocycles. The fourth-order valence-corrected chi connectivity index (χ4v) is 1.72. The summed E-state index contributed by atoms with van der Waals surface area (Å²) in [5.74, 6) is 0.672. The predicted octanol–water partition coefficient (Wildman–Crippen LogP) is 3.42. The highest BCUT2D eigenvalue weighted by atomic mass is 15.2. The first-order valence-electron chi connectivity index (χ1n) is 5.58. The first kappa shape index (κ1) is 10.6. The molecule has 0 bridgehead atoms. The van der Waals surface area contributed by atoms with Crippen LogP contribution in [0.5, 0.6) is 0 Å². The molecule has 1 aliphatic rings. The van der Waals surface area contributed by atoms with Crippen molar-refractivity contribution >= 4 is 0 Å². The van der Waals surface area contributed by atoms with Crippen LogP contribution in [0.25, 0.3) is 0 Å². The lowest BCUT2D eigenvalue weighted by Crippen LogP contribution is -2.23. The molecule has 13 heavy (non-hydrogen) atoms. The highest BCUT2D eigenvalue weighted by molar-refractivity contribution is 5.03. The summed E-state index contributed by atoms with van der Waals surface area (Å²) in [6.45, 7) is 8.75. The molecule has 1 saturated carbocycles. The van der Waals surface area contributed by atoms with Gasteiger partial charge in [-0.15, -0.1) is 0 Å². The lowest BCUT2D eigenvalue weighted by Gasteiger charge is -2.26. The minimum atomic E-state index is 0.672. The maximum absolute atomic E-state index is 4.19. The van der Waals surface area contributed by atoms with Gasteiger partial charge in [0.05, 0.1) is 0 Å². The van der Waals surface area contributed by atoms with Crippen LogP contribution in [0.3, 0.4) is 0 Å². The summed E-state index contributed by atoms with van der Waals surface area (Å²) in [6.07, 6.45) is 6.67. The van der Waals surface area contributed by atoms with Gasteiger partial charge in [-0.1, -0.05) is 33.3 Å². The number of allylic oxidation sites excluding steroid dienone is 1. The van der Waals surface area contributed by atoms with E-state index < -0.39 is 0 Å². The van der Waals surface area contributed by atoms with Crippen molar-refractivity contribution in [3.63, 3.8) is 0 Å². The third-order valence-electron chi connectivity index (χ3n) is 3.11. The van der Waals surface area contributed by atoms with Crippen LogP contribution in [-0.2, 0) is 0 Å². The van der Waals surface area contributed by atoms with Crippen LogP contribution in [-0.4, -0.2) is 18.0 Å². The summed E-state index contributed by atoms with van der Waals surface area (Å²) in [4.78, 5) is 2.39.